The van der Waals surface area contributed by atoms with Crippen LogP contribution in [0.2, 0.25) is 0 Å². The van der Waals surface area contributed by atoms with Gasteiger partial charge < -0.3 is 5.32 Å². The van der Waals surface area contributed by atoms with Gasteiger partial charge in [0.1, 0.15) is 5.82 Å². The summed E-state index contributed by atoms with van der Waals surface area (Å²) in [6.45, 7) is 1.91. The zero-order valence-electron chi connectivity index (χ0n) is 12.6. The summed E-state index contributed by atoms with van der Waals surface area (Å²) in [7, 11) is 0. The predicted molar refractivity (Wildman–Crippen MR) is 90.2 cm³/mol. The van der Waals surface area contributed by atoms with Crippen molar-refractivity contribution in [3.63, 3.8) is 0 Å². The molecule has 0 bridgehead atoms. The minimum atomic E-state index is -0.264. The Bertz CT molecular complexity index is 586. The van der Waals surface area contributed by atoms with E-state index in [2.05, 4.69) is 17.4 Å². The van der Waals surface area contributed by atoms with E-state index in [-0.39, 0.29) is 17.8 Å². The molecule has 0 saturated heterocycles. The van der Waals surface area contributed by atoms with Crippen molar-refractivity contribution in [2.75, 3.05) is 5.75 Å². The van der Waals surface area contributed by atoms with Crippen LogP contribution in [0.15, 0.2) is 54.6 Å². The Morgan fingerprint density at radius 2 is 1.82 bits per heavy atom. The van der Waals surface area contributed by atoms with Crippen LogP contribution in [0, 0.1) is 5.82 Å². The molecule has 0 heterocycles. The van der Waals surface area contributed by atoms with Crippen molar-refractivity contribution < 1.29 is 9.18 Å². The lowest BCUT2D eigenvalue weighted by atomic mass is 10.1. The molecule has 0 aliphatic heterocycles. The molecule has 1 N–H and O–H groups in total. The Balaban J connectivity index is 1.68. The lowest BCUT2D eigenvalue weighted by molar-refractivity contribution is -0.121. The number of hydrogen-bond acceptors (Lipinski definition) is 2. The van der Waals surface area contributed by atoms with Crippen LogP contribution in [-0.2, 0) is 10.5 Å². The fourth-order valence-electron chi connectivity index (χ4n) is 2.08. The summed E-state index contributed by atoms with van der Waals surface area (Å²) in [6.07, 6.45) is 0.489. The molecule has 0 spiro atoms. The Kier molecular flexibility index (Phi) is 6.46. The van der Waals surface area contributed by atoms with Gasteiger partial charge in [0.25, 0.3) is 0 Å². The van der Waals surface area contributed by atoms with Crippen LogP contribution >= 0.6 is 11.8 Å². The highest BCUT2D eigenvalue weighted by Crippen LogP contribution is 2.15. The molecule has 0 aromatic heterocycles. The topological polar surface area (TPSA) is 29.1 Å². The molecule has 4 heteroatoms. The lowest BCUT2D eigenvalue weighted by Crippen LogP contribution is -2.26. The van der Waals surface area contributed by atoms with Crippen molar-refractivity contribution in [3.05, 3.63) is 71.5 Å². The molecular weight excluding hydrogens is 297 g/mol. The van der Waals surface area contributed by atoms with E-state index in [1.807, 2.05) is 25.1 Å². The van der Waals surface area contributed by atoms with Gasteiger partial charge in [0.05, 0.1) is 6.04 Å². The van der Waals surface area contributed by atoms with Crippen LogP contribution < -0.4 is 5.32 Å². The van der Waals surface area contributed by atoms with Crippen molar-refractivity contribution >= 4 is 17.7 Å². The summed E-state index contributed by atoms with van der Waals surface area (Å²) in [5.74, 6) is 1.47. The summed E-state index contributed by atoms with van der Waals surface area (Å²) >= 11 is 1.75. The van der Waals surface area contributed by atoms with Crippen molar-refractivity contribution in [3.8, 4) is 0 Å². The highest BCUT2D eigenvalue weighted by Gasteiger charge is 2.09. The molecule has 2 aromatic carbocycles. The maximum Gasteiger partial charge on any atom is 0.221 e. The summed E-state index contributed by atoms with van der Waals surface area (Å²) < 4.78 is 12.9. The minimum Gasteiger partial charge on any atom is -0.350 e. The van der Waals surface area contributed by atoms with E-state index in [4.69, 9.17) is 0 Å². The van der Waals surface area contributed by atoms with Crippen LogP contribution in [0.4, 0.5) is 4.39 Å². The number of amides is 1. The van der Waals surface area contributed by atoms with E-state index in [0.717, 1.165) is 17.1 Å². The van der Waals surface area contributed by atoms with Crippen molar-refractivity contribution in [1.29, 1.82) is 0 Å². The molecule has 2 nitrogen and oxygen atoms in total. The van der Waals surface area contributed by atoms with Gasteiger partial charge in [0.2, 0.25) is 5.91 Å². The third-order valence-corrected chi connectivity index (χ3v) is 4.36. The summed E-state index contributed by atoms with van der Waals surface area (Å²) in [6, 6.07) is 16.3. The molecule has 2 aromatic rings. The van der Waals surface area contributed by atoms with E-state index in [1.54, 1.807) is 23.9 Å². The average molecular weight is 317 g/mol. The first-order valence-electron chi connectivity index (χ1n) is 7.31. The largest absolute Gasteiger partial charge is 0.350 e. The minimum absolute atomic E-state index is 0.0254. The second kappa shape index (κ2) is 8.59. The van der Waals surface area contributed by atoms with Crippen LogP contribution in [0.5, 0.6) is 0 Å². The highest BCUT2D eigenvalue weighted by atomic mass is 32.2. The van der Waals surface area contributed by atoms with E-state index in [9.17, 15) is 9.18 Å². The normalized spacial score (nSPS) is 11.9. The SMILES string of the molecule is C[C@H](NC(=O)CCSCc1ccccc1)c1ccc(F)cc1. The third kappa shape index (κ3) is 5.53. The Morgan fingerprint density at radius 3 is 2.50 bits per heavy atom. The number of hydrogen-bond donors (Lipinski definition) is 1. The highest BCUT2D eigenvalue weighted by molar-refractivity contribution is 7.98. The molecule has 0 saturated carbocycles. The van der Waals surface area contributed by atoms with E-state index < -0.39 is 0 Å². The fourth-order valence-corrected chi connectivity index (χ4v) is 2.98. The van der Waals surface area contributed by atoms with Gasteiger partial charge in [0, 0.05) is 17.9 Å². The van der Waals surface area contributed by atoms with Gasteiger partial charge in [0.15, 0.2) is 0 Å². The summed E-state index contributed by atoms with van der Waals surface area (Å²) in [5.41, 5.74) is 2.18. The van der Waals surface area contributed by atoms with Gasteiger partial charge in [-0.05, 0) is 30.2 Å². The number of nitrogens with one attached hydrogen (secondary N) is 1. The molecular formula is C18H20FNOS. The van der Waals surface area contributed by atoms with Gasteiger partial charge in [-0.2, -0.15) is 11.8 Å². The molecule has 1 atom stereocenters. The second-order valence-corrected chi connectivity index (χ2v) is 6.23. The zero-order valence-corrected chi connectivity index (χ0v) is 13.4. The summed E-state index contributed by atoms with van der Waals surface area (Å²) in [4.78, 5) is 11.9. The van der Waals surface area contributed by atoms with Crippen molar-refractivity contribution in [2.24, 2.45) is 0 Å². The maximum atomic E-state index is 12.9. The average Bonchev–Trinajstić information content (AvgIpc) is 2.53. The molecule has 116 valence electrons. The summed E-state index contributed by atoms with van der Waals surface area (Å²) in [5, 5.41) is 2.94. The standard InChI is InChI=1S/C18H20FNOS/c1-14(16-7-9-17(19)10-8-16)20-18(21)11-12-22-13-15-5-3-2-4-6-15/h2-10,14H,11-13H2,1H3,(H,20,21)/t14-/m0/s1. The first-order chi connectivity index (χ1) is 10.6. The number of halogens is 1. The first kappa shape index (κ1) is 16.6. The van der Waals surface area contributed by atoms with E-state index >= 15 is 0 Å². The number of carbonyl (C=O) groups excluding carboxylic acids is 1. The van der Waals surface area contributed by atoms with Crippen LogP contribution in [0.3, 0.4) is 0 Å². The Hall–Kier alpha value is -1.81. The van der Waals surface area contributed by atoms with E-state index in [0.29, 0.717) is 6.42 Å². The number of thioether (sulfide) groups is 1. The smallest absolute Gasteiger partial charge is 0.221 e. The molecule has 0 unspecified atom stereocenters. The first-order valence-corrected chi connectivity index (χ1v) is 8.47. The maximum absolute atomic E-state index is 12.9. The van der Waals surface area contributed by atoms with Crippen LogP contribution in [0.25, 0.3) is 0 Å². The second-order valence-electron chi connectivity index (χ2n) is 5.13. The van der Waals surface area contributed by atoms with Gasteiger partial charge in [-0.15, -0.1) is 0 Å². The molecule has 22 heavy (non-hydrogen) atoms. The van der Waals surface area contributed by atoms with Crippen molar-refractivity contribution in [2.45, 2.75) is 25.1 Å². The number of rotatable bonds is 7. The van der Waals surface area contributed by atoms with Crippen molar-refractivity contribution in [1.82, 2.24) is 5.32 Å². The van der Waals surface area contributed by atoms with Crippen LogP contribution in [0.1, 0.15) is 30.5 Å². The fraction of sp³-hybridized carbons (Fsp3) is 0.278. The number of carbonyl (C=O) groups is 1. The Labute approximate surface area is 135 Å². The van der Waals surface area contributed by atoms with Gasteiger partial charge in [-0.25, -0.2) is 4.39 Å². The van der Waals surface area contributed by atoms with E-state index in [1.165, 1.54) is 17.7 Å². The Morgan fingerprint density at radius 1 is 1.14 bits per heavy atom. The molecule has 2 rings (SSSR count). The van der Waals surface area contributed by atoms with Crippen LogP contribution in [-0.4, -0.2) is 11.7 Å². The van der Waals surface area contributed by atoms with Gasteiger partial charge in [-0.1, -0.05) is 42.5 Å². The molecule has 0 aliphatic rings. The third-order valence-electron chi connectivity index (χ3n) is 3.33. The molecule has 0 radical (unpaired) electrons. The number of benzene rings is 2. The molecule has 1 amide bonds. The van der Waals surface area contributed by atoms with Gasteiger partial charge >= 0.3 is 0 Å². The molecule has 0 aliphatic carbocycles. The lowest BCUT2D eigenvalue weighted by Gasteiger charge is -2.14. The predicted octanol–water partition coefficient (Wildman–Crippen LogP) is 4.33. The zero-order chi connectivity index (χ0) is 15.8. The monoisotopic (exact) mass is 317 g/mol. The molecule has 0 fully saturated rings. The quantitative estimate of drug-likeness (QED) is 0.770. The van der Waals surface area contributed by atoms with Gasteiger partial charge in [-0.3, -0.25) is 4.79 Å².